The van der Waals surface area contributed by atoms with Gasteiger partial charge in [0.1, 0.15) is 18.4 Å². The van der Waals surface area contributed by atoms with Gasteiger partial charge in [-0.15, -0.1) is 11.3 Å². The number of fused-ring (bicyclic) bond motifs is 1. The molecule has 0 bridgehead atoms. The van der Waals surface area contributed by atoms with E-state index in [1.807, 2.05) is 22.2 Å². The van der Waals surface area contributed by atoms with Crippen molar-refractivity contribution in [1.82, 2.24) is 25.1 Å². The van der Waals surface area contributed by atoms with Crippen LogP contribution in [-0.4, -0.2) is 25.8 Å². The van der Waals surface area contributed by atoms with Crippen molar-refractivity contribution in [3.05, 3.63) is 41.6 Å². The Morgan fingerprint density at radius 2 is 2.48 bits per heavy atom. The Bertz CT molecular complexity index is 717. The van der Waals surface area contributed by atoms with Gasteiger partial charge >= 0.3 is 0 Å². The van der Waals surface area contributed by atoms with E-state index in [4.69, 9.17) is 4.42 Å². The first-order chi connectivity index (χ1) is 10.4. The number of rotatable bonds is 4. The number of nitrogens with one attached hydrogen (secondary N) is 1. The first-order valence-electron chi connectivity index (χ1n) is 6.97. The number of aromatic nitrogens is 4. The number of aryl methyl sites for hydroxylation is 1. The van der Waals surface area contributed by atoms with Crippen molar-refractivity contribution in [2.75, 3.05) is 0 Å². The van der Waals surface area contributed by atoms with Crippen LogP contribution in [0.2, 0.25) is 0 Å². The molecule has 0 unspecified atom stereocenters. The zero-order valence-electron chi connectivity index (χ0n) is 11.4. The van der Waals surface area contributed by atoms with Gasteiger partial charge in [0.15, 0.2) is 0 Å². The SMILES string of the molecule is c1csc(-c2nc(CN[C@@H]3CCc4ncnn4C3)co2)c1. The highest BCUT2D eigenvalue weighted by Crippen LogP contribution is 2.23. The molecule has 0 aromatic carbocycles. The van der Waals surface area contributed by atoms with Gasteiger partial charge in [0, 0.05) is 19.0 Å². The molecule has 0 saturated heterocycles. The van der Waals surface area contributed by atoms with Crippen LogP contribution >= 0.6 is 11.3 Å². The zero-order chi connectivity index (χ0) is 14.1. The molecule has 0 radical (unpaired) electrons. The van der Waals surface area contributed by atoms with Gasteiger partial charge < -0.3 is 9.73 Å². The summed E-state index contributed by atoms with van der Waals surface area (Å²) in [7, 11) is 0. The predicted molar refractivity (Wildman–Crippen MR) is 78.8 cm³/mol. The van der Waals surface area contributed by atoms with Crippen molar-refractivity contribution in [3.8, 4) is 10.8 Å². The van der Waals surface area contributed by atoms with E-state index in [1.165, 1.54) is 0 Å². The fraction of sp³-hybridized carbons (Fsp3) is 0.357. The van der Waals surface area contributed by atoms with Gasteiger partial charge in [-0.3, -0.25) is 0 Å². The van der Waals surface area contributed by atoms with Crippen molar-refractivity contribution >= 4 is 11.3 Å². The minimum absolute atomic E-state index is 0.404. The molecule has 0 aliphatic carbocycles. The molecule has 1 aliphatic heterocycles. The molecular formula is C14H15N5OS. The van der Waals surface area contributed by atoms with E-state index in [9.17, 15) is 0 Å². The van der Waals surface area contributed by atoms with E-state index >= 15 is 0 Å². The molecular weight excluding hydrogens is 286 g/mol. The second-order valence-electron chi connectivity index (χ2n) is 5.10. The summed E-state index contributed by atoms with van der Waals surface area (Å²) in [5.41, 5.74) is 0.933. The average Bonchev–Trinajstić information content (AvgIpc) is 3.24. The molecule has 6 nitrogen and oxygen atoms in total. The van der Waals surface area contributed by atoms with Crippen LogP contribution in [0.5, 0.6) is 0 Å². The van der Waals surface area contributed by atoms with Crippen LogP contribution in [0.4, 0.5) is 0 Å². The van der Waals surface area contributed by atoms with Crippen molar-refractivity contribution in [3.63, 3.8) is 0 Å². The van der Waals surface area contributed by atoms with Crippen LogP contribution in [0.3, 0.4) is 0 Å². The summed E-state index contributed by atoms with van der Waals surface area (Å²) >= 11 is 1.63. The summed E-state index contributed by atoms with van der Waals surface area (Å²) in [6, 6.07) is 4.42. The van der Waals surface area contributed by atoms with Gasteiger partial charge in [0.25, 0.3) is 0 Å². The molecule has 0 amide bonds. The third-order valence-corrected chi connectivity index (χ3v) is 4.52. The fourth-order valence-corrected chi connectivity index (χ4v) is 3.21. The molecule has 3 aromatic rings. The highest BCUT2D eigenvalue weighted by Gasteiger charge is 2.19. The lowest BCUT2D eigenvalue weighted by molar-refractivity contribution is 0.356. The minimum Gasteiger partial charge on any atom is -0.444 e. The minimum atomic E-state index is 0.404. The van der Waals surface area contributed by atoms with Crippen LogP contribution in [0.1, 0.15) is 17.9 Å². The van der Waals surface area contributed by atoms with E-state index in [1.54, 1.807) is 23.9 Å². The Kier molecular flexibility index (Phi) is 3.28. The number of oxazole rings is 1. The molecule has 0 spiro atoms. The molecule has 4 heterocycles. The van der Waals surface area contributed by atoms with Gasteiger partial charge in [-0.05, 0) is 17.9 Å². The Hall–Kier alpha value is -1.99. The lowest BCUT2D eigenvalue weighted by Crippen LogP contribution is -2.37. The van der Waals surface area contributed by atoms with Crippen LogP contribution in [0.25, 0.3) is 10.8 Å². The third kappa shape index (κ3) is 2.62. The van der Waals surface area contributed by atoms with Gasteiger partial charge in [-0.1, -0.05) is 6.07 Å². The van der Waals surface area contributed by atoms with Crippen molar-refractivity contribution in [1.29, 1.82) is 0 Å². The predicted octanol–water partition coefficient (Wildman–Crippen LogP) is 2.10. The monoisotopic (exact) mass is 301 g/mol. The first-order valence-corrected chi connectivity index (χ1v) is 7.85. The Morgan fingerprint density at radius 3 is 3.38 bits per heavy atom. The highest BCUT2D eigenvalue weighted by molar-refractivity contribution is 7.13. The van der Waals surface area contributed by atoms with E-state index < -0.39 is 0 Å². The lowest BCUT2D eigenvalue weighted by atomic mass is 10.1. The normalized spacial score (nSPS) is 17.8. The maximum absolute atomic E-state index is 5.52. The Morgan fingerprint density at radius 1 is 1.48 bits per heavy atom. The lowest BCUT2D eigenvalue weighted by Gasteiger charge is -2.23. The number of hydrogen-bond donors (Lipinski definition) is 1. The molecule has 0 saturated carbocycles. The molecule has 1 N–H and O–H groups in total. The maximum atomic E-state index is 5.52. The van der Waals surface area contributed by atoms with Crippen LogP contribution in [-0.2, 0) is 19.5 Å². The molecule has 0 fully saturated rings. The van der Waals surface area contributed by atoms with E-state index in [0.29, 0.717) is 18.5 Å². The topological polar surface area (TPSA) is 68.8 Å². The summed E-state index contributed by atoms with van der Waals surface area (Å²) in [5.74, 6) is 1.78. The standard InChI is InChI=1S/C14H15N5OS/c1-2-12(21-5-1)14-18-11(8-20-14)6-15-10-3-4-13-16-9-17-19(13)7-10/h1-2,5,8-10,15H,3-4,6-7H2/t10-/m1/s1. The van der Waals surface area contributed by atoms with Crippen molar-refractivity contribution in [2.45, 2.75) is 32.0 Å². The summed E-state index contributed by atoms with van der Waals surface area (Å²) < 4.78 is 7.50. The molecule has 7 heteroatoms. The number of hydrogen-bond acceptors (Lipinski definition) is 6. The molecule has 108 valence electrons. The second kappa shape index (κ2) is 5.42. The van der Waals surface area contributed by atoms with Crippen LogP contribution in [0, 0.1) is 0 Å². The van der Waals surface area contributed by atoms with E-state index in [2.05, 4.69) is 20.4 Å². The number of nitrogens with zero attached hydrogens (tertiary/aromatic N) is 4. The quantitative estimate of drug-likeness (QED) is 0.799. The largest absolute Gasteiger partial charge is 0.444 e. The van der Waals surface area contributed by atoms with Crippen LogP contribution in [0.15, 0.2) is 34.5 Å². The molecule has 4 rings (SSSR count). The number of thiophene rings is 1. The molecule has 21 heavy (non-hydrogen) atoms. The summed E-state index contributed by atoms with van der Waals surface area (Å²) in [6.45, 7) is 1.58. The smallest absolute Gasteiger partial charge is 0.236 e. The maximum Gasteiger partial charge on any atom is 0.236 e. The van der Waals surface area contributed by atoms with Gasteiger partial charge in [-0.2, -0.15) is 5.10 Å². The Labute approximate surface area is 125 Å². The molecule has 1 aliphatic rings. The fourth-order valence-electron chi connectivity index (χ4n) is 2.55. The zero-order valence-corrected chi connectivity index (χ0v) is 12.2. The average molecular weight is 301 g/mol. The van der Waals surface area contributed by atoms with Gasteiger partial charge in [0.05, 0.1) is 17.1 Å². The van der Waals surface area contributed by atoms with Crippen molar-refractivity contribution in [2.24, 2.45) is 0 Å². The summed E-state index contributed by atoms with van der Waals surface area (Å²) in [6.07, 6.45) is 5.40. The van der Waals surface area contributed by atoms with E-state index in [0.717, 1.165) is 35.8 Å². The molecule has 3 aromatic heterocycles. The summed E-state index contributed by atoms with van der Waals surface area (Å²) in [5, 5.41) is 9.78. The third-order valence-electron chi connectivity index (χ3n) is 3.66. The summed E-state index contributed by atoms with van der Waals surface area (Å²) in [4.78, 5) is 9.82. The second-order valence-corrected chi connectivity index (χ2v) is 6.04. The van der Waals surface area contributed by atoms with Crippen LogP contribution < -0.4 is 5.32 Å². The Balaban J connectivity index is 1.37. The highest BCUT2D eigenvalue weighted by atomic mass is 32.1. The van der Waals surface area contributed by atoms with Crippen molar-refractivity contribution < 1.29 is 4.42 Å². The van der Waals surface area contributed by atoms with Gasteiger partial charge in [-0.25, -0.2) is 14.6 Å². The first kappa shape index (κ1) is 12.7. The molecule has 1 atom stereocenters. The van der Waals surface area contributed by atoms with E-state index in [-0.39, 0.29) is 0 Å². The van der Waals surface area contributed by atoms with Gasteiger partial charge in [0.2, 0.25) is 5.89 Å².